The van der Waals surface area contributed by atoms with Gasteiger partial charge in [-0.25, -0.2) is 0 Å². The molecule has 0 aliphatic heterocycles. The van der Waals surface area contributed by atoms with E-state index < -0.39 is 6.10 Å². The van der Waals surface area contributed by atoms with Crippen molar-refractivity contribution in [3.05, 3.63) is 78.4 Å². The number of aliphatic hydroxyl groups is 1. The minimum atomic E-state index is -0.555. The van der Waals surface area contributed by atoms with Gasteiger partial charge in [-0.2, -0.15) is 0 Å². The third-order valence-corrected chi connectivity index (χ3v) is 4.21. The van der Waals surface area contributed by atoms with Crippen molar-refractivity contribution in [3.8, 4) is 5.75 Å². The fourth-order valence-electron chi connectivity index (χ4n) is 2.87. The normalized spacial score (nSPS) is 13.5. The number of benzene rings is 2. The second kappa shape index (κ2) is 9.26. The van der Waals surface area contributed by atoms with Crippen molar-refractivity contribution in [2.45, 2.75) is 32.1 Å². The van der Waals surface area contributed by atoms with Crippen LogP contribution in [0, 0.1) is 0 Å². The molecule has 0 heterocycles. The highest BCUT2D eigenvalue weighted by Crippen LogP contribution is 2.26. The summed E-state index contributed by atoms with van der Waals surface area (Å²) in [5.41, 5.74) is 2.00. The molecule has 2 rings (SSSR count). The highest BCUT2D eigenvalue weighted by Gasteiger charge is 2.23. The Hall–Kier alpha value is -2.10. The topological polar surface area (TPSA) is 32.7 Å². The lowest BCUT2D eigenvalue weighted by atomic mass is 9.99. The molecule has 3 heteroatoms. The largest absolute Gasteiger partial charge is 0.489 e. The summed E-state index contributed by atoms with van der Waals surface area (Å²) in [4.78, 5) is 2.12. The third kappa shape index (κ3) is 4.95. The number of likely N-dealkylation sites (N-methyl/N-ethyl adjacent to an activating group) is 1. The molecular weight excluding hydrogens is 298 g/mol. The van der Waals surface area contributed by atoms with Crippen LogP contribution in [0.25, 0.3) is 0 Å². The van der Waals surface area contributed by atoms with Gasteiger partial charge in [-0.05, 0) is 36.7 Å². The minimum absolute atomic E-state index is 0.0485. The number of hydrogen-bond donors (Lipinski definition) is 1. The predicted molar refractivity (Wildman–Crippen MR) is 99.1 cm³/mol. The molecule has 0 saturated heterocycles. The first kappa shape index (κ1) is 18.2. The standard InChI is InChI=1S/C21H27NO2/c1-4-14-22(3)20(5-2)21(23)18-12-9-13-19(15-18)24-16-17-10-7-6-8-11-17/h4,6-13,15,20-21,23H,1,5,14,16H2,2-3H3/t20-,21-/m0/s1. The van der Waals surface area contributed by atoms with Crippen LogP contribution in [0.15, 0.2) is 67.3 Å². The summed E-state index contributed by atoms with van der Waals surface area (Å²) in [5.74, 6) is 0.775. The van der Waals surface area contributed by atoms with E-state index in [1.807, 2.05) is 67.7 Å². The van der Waals surface area contributed by atoms with Crippen LogP contribution < -0.4 is 4.74 Å². The first-order valence-corrected chi connectivity index (χ1v) is 8.41. The number of nitrogens with zero attached hydrogens (tertiary/aromatic N) is 1. The molecule has 128 valence electrons. The smallest absolute Gasteiger partial charge is 0.120 e. The van der Waals surface area contributed by atoms with Crippen molar-refractivity contribution in [1.82, 2.24) is 4.90 Å². The Morgan fingerprint density at radius 2 is 1.92 bits per heavy atom. The molecule has 2 atom stereocenters. The third-order valence-electron chi connectivity index (χ3n) is 4.21. The summed E-state index contributed by atoms with van der Waals surface area (Å²) in [6.45, 7) is 7.13. The molecule has 3 nitrogen and oxygen atoms in total. The van der Waals surface area contributed by atoms with E-state index in [0.717, 1.165) is 29.8 Å². The van der Waals surface area contributed by atoms with Crippen molar-refractivity contribution in [1.29, 1.82) is 0 Å². The summed E-state index contributed by atoms with van der Waals surface area (Å²) >= 11 is 0. The highest BCUT2D eigenvalue weighted by molar-refractivity contribution is 5.31. The molecule has 0 aliphatic carbocycles. The molecule has 0 fully saturated rings. The van der Waals surface area contributed by atoms with Gasteiger partial charge in [-0.1, -0.05) is 55.5 Å². The van der Waals surface area contributed by atoms with Crippen LogP contribution in [0.2, 0.25) is 0 Å². The molecule has 0 spiro atoms. The quantitative estimate of drug-likeness (QED) is 0.702. The second-order valence-corrected chi connectivity index (χ2v) is 6.00. The lowest BCUT2D eigenvalue weighted by Gasteiger charge is -2.30. The maximum absolute atomic E-state index is 10.8. The second-order valence-electron chi connectivity index (χ2n) is 6.00. The van der Waals surface area contributed by atoms with E-state index in [9.17, 15) is 5.11 Å². The molecule has 0 bridgehead atoms. The van der Waals surface area contributed by atoms with Gasteiger partial charge in [0.1, 0.15) is 12.4 Å². The van der Waals surface area contributed by atoms with Crippen LogP contribution in [0.3, 0.4) is 0 Å². The first-order valence-electron chi connectivity index (χ1n) is 8.41. The van der Waals surface area contributed by atoms with E-state index in [1.54, 1.807) is 0 Å². The van der Waals surface area contributed by atoms with Gasteiger partial charge in [0.25, 0.3) is 0 Å². The van der Waals surface area contributed by atoms with Gasteiger partial charge in [0.2, 0.25) is 0 Å². The Labute approximate surface area is 145 Å². The summed E-state index contributed by atoms with van der Waals surface area (Å²) in [6.07, 6.45) is 2.16. The van der Waals surface area contributed by atoms with Crippen LogP contribution in [0.1, 0.15) is 30.6 Å². The molecule has 0 saturated carbocycles. The summed E-state index contributed by atoms with van der Waals surface area (Å²) in [6, 6.07) is 17.8. The number of ether oxygens (including phenoxy) is 1. The molecule has 0 aromatic heterocycles. The Morgan fingerprint density at radius 1 is 1.17 bits per heavy atom. The van der Waals surface area contributed by atoms with Crippen LogP contribution in [0.5, 0.6) is 5.75 Å². The summed E-state index contributed by atoms with van der Waals surface area (Å²) < 4.78 is 5.86. The molecule has 0 aliphatic rings. The fourth-order valence-corrected chi connectivity index (χ4v) is 2.87. The van der Waals surface area contributed by atoms with Crippen LogP contribution in [0.4, 0.5) is 0 Å². The van der Waals surface area contributed by atoms with Crippen LogP contribution >= 0.6 is 0 Å². The van der Waals surface area contributed by atoms with Crippen molar-refractivity contribution >= 4 is 0 Å². The predicted octanol–water partition coefficient (Wildman–Crippen LogP) is 4.20. The van der Waals surface area contributed by atoms with Gasteiger partial charge >= 0.3 is 0 Å². The molecule has 0 radical (unpaired) electrons. The molecule has 0 amide bonds. The van der Waals surface area contributed by atoms with Crippen molar-refractivity contribution in [2.24, 2.45) is 0 Å². The van der Waals surface area contributed by atoms with Crippen LogP contribution in [-0.4, -0.2) is 29.6 Å². The van der Waals surface area contributed by atoms with Crippen molar-refractivity contribution < 1.29 is 9.84 Å². The summed E-state index contributed by atoms with van der Waals surface area (Å²) in [5, 5.41) is 10.8. The maximum atomic E-state index is 10.8. The van der Waals surface area contributed by atoms with Gasteiger partial charge < -0.3 is 9.84 Å². The SMILES string of the molecule is C=CCN(C)[C@@H](CC)[C@@H](O)c1cccc(OCc2ccccc2)c1. The molecule has 1 N–H and O–H groups in total. The lowest BCUT2D eigenvalue weighted by molar-refractivity contribution is 0.0660. The molecule has 0 unspecified atom stereocenters. The van der Waals surface area contributed by atoms with Gasteiger partial charge in [0.05, 0.1) is 6.10 Å². The number of aliphatic hydroxyl groups excluding tert-OH is 1. The van der Waals surface area contributed by atoms with Crippen LogP contribution in [-0.2, 0) is 6.61 Å². The number of rotatable bonds is 9. The zero-order valence-electron chi connectivity index (χ0n) is 14.6. The zero-order valence-corrected chi connectivity index (χ0v) is 14.6. The van der Waals surface area contributed by atoms with E-state index in [4.69, 9.17) is 4.74 Å². The van der Waals surface area contributed by atoms with E-state index in [0.29, 0.717) is 6.61 Å². The molecular formula is C21H27NO2. The molecule has 24 heavy (non-hydrogen) atoms. The number of hydrogen-bond acceptors (Lipinski definition) is 3. The van der Waals surface area contributed by atoms with Gasteiger partial charge in [0.15, 0.2) is 0 Å². The first-order chi connectivity index (χ1) is 11.7. The van der Waals surface area contributed by atoms with Crippen molar-refractivity contribution in [2.75, 3.05) is 13.6 Å². The van der Waals surface area contributed by atoms with E-state index in [1.165, 1.54) is 0 Å². The Bertz CT molecular complexity index is 627. The maximum Gasteiger partial charge on any atom is 0.120 e. The van der Waals surface area contributed by atoms with Gasteiger partial charge in [0, 0.05) is 12.6 Å². The monoisotopic (exact) mass is 325 g/mol. The minimum Gasteiger partial charge on any atom is -0.489 e. The Morgan fingerprint density at radius 3 is 2.58 bits per heavy atom. The average Bonchev–Trinajstić information content (AvgIpc) is 2.62. The van der Waals surface area contributed by atoms with E-state index >= 15 is 0 Å². The Kier molecular flexibility index (Phi) is 7.04. The molecule has 2 aromatic carbocycles. The van der Waals surface area contributed by atoms with Crippen molar-refractivity contribution in [3.63, 3.8) is 0 Å². The van der Waals surface area contributed by atoms with Gasteiger partial charge in [-0.3, -0.25) is 4.90 Å². The zero-order chi connectivity index (χ0) is 17.4. The fraction of sp³-hybridized carbons (Fsp3) is 0.333. The Balaban J connectivity index is 2.06. The molecule has 2 aromatic rings. The van der Waals surface area contributed by atoms with Gasteiger partial charge in [-0.15, -0.1) is 6.58 Å². The average molecular weight is 325 g/mol. The lowest BCUT2D eigenvalue weighted by Crippen LogP contribution is -2.36. The van der Waals surface area contributed by atoms with E-state index in [-0.39, 0.29) is 6.04 Å². The summed E-state index contributed by atoms with van der Waals surface area (Å²) in [7, 11) is 2.01. The van der Waals surface area contributed by atoms with E-state index in [2.05, 4.69) is 18.4 Å². The highest BCUT2D eigenvalue weighted by atomic mass is 16.5.